The van der Waals surface area contributed by atoms with Crippen molar-refractivity contribution in [1.29, 1.82) is 0 Å². The molecule has 0 radical (unpaired) electrons. The van der Waals surface area contributed by atoms with Gasteiger partial charge >= 0.3 is 0 Å². The quantitative estimate of drug-likeness (QED) is 0.399. The van der Waals surface area contributed by atoms with Crippen molar-refractivity contribution < 1.29 is 23.7 Å². The molecule has 160 valence electrons. The van der Waals surface area contributed by atoms with Gasteiger partial charge in [-0.25, -0.2) is 5.43 Å². The van der Waals surface area contributed by atoms with E-state index in [9.17, 15) is 4.79 Å². The van der Waals surface area contributed by atoms with E-state index in [0.717, 1.165) is 16.9 Å². The number of hydrazone groups is 1. The van der Waals surface area contributed by atoms with Gasteiger partial charge in [-0.1, -0.05) is 30.3 Å². The average molecular weight is 420 g/mol. The number of amides is 1. The van der Waals surface area contributed by atoms with Crippen LogP contribution in [0.15, 0.2) is 77.9 Å². The van der Waals surface area contributed by atoms with E-state index in [1.54, 1.807) is 56.7 Å². The molecule has 0 unspecified atom stereocenters. The summed E-state index contributed by atoms with van der Waals surface area (Å²) in [4.78, 5) is 11.9. The van der Waals surface area contributed by atoms with Gasteiger partial charge in [0.1, 0.15) is 18.1 Å². The molecule has 0 aliphatic heterocycles. The number of ether oxygens (including phenoxy) is 4. The van der Waals surface area contributed by atoms with Crippen molar-refractivity contribution >= 4 is 12.1 Å². The van der Waals surface area contributed by atoms with Crippen molar-refractivity contribution in [3.63, 3.8) is 0 Å². The van der Waals surface area contributed by atoms with Crippen LogP contribution in [-0.2, 0) is 11.4 Å². The second kappa shape index (κ2) is 11.3. The van der Waals surface area contributed by atoms with Gasteiger partial charge in [0, 0.05) is 0 Å². The van der Waals surface area contributed by atoms with Crippen molar-refractivity contribution in [2.45, 2.75) is 6.61 Å². The Morgan fingerprint density at radius 3 is 2.23 bits per heavy atom. The van der Waals surface area contributed by atoms with Crippen LogP contribution < -0.4 is 24.4 Å². The molecule has 0 aromatic heterocycles. The summed E-state index contributed by atoms with van der Waals surface area (Å²) in [6.07, 6.45) is 1.51. The van der Waals surface area contributed by atoms with Gasteiger partial charge in [-0.3, -0.25) is 4.79 Å². The van der Waals surface area contributed by atoms with Gasteiger partial charge in [0.05, 0.1) is 20.4 Å². The smallest absolute Gasteiger partial charge is 0.277 e. The number of nitrogens with zero attached hydrogens (tertiary/aromatic N) is 1. The van der Waals surface area contributed by atoms with Crippen LogP contribution >= 0.6 is 0 Å². The van der Waals surface area contributed by atoms with Crippen LogP contribution in [0.5, 0.6) is 23.0 Å². The largest absolute Gasteiger partial charge is 0.493 e. The number of hydrogen-bond donors (Lipinski definition) is 1. The second-order valence-electron chi connectivity index (χ2n) is 6.44. The van der Waals surface area contributed by atoms with Crippen LogP contribution in [0.1, 0.15) is 11.1 Å². The summed E-state index contributed by atoms with van der Waals surface area (Å²) in [7, 11) is 3.12. The Bertz CT molecular complexity index is 1000. The molecule has 0 atom stereocenters. The molecule has 0 saturated carbocycles. The number of carbonyl (C=O) groups excluding carboxylic acids is 1. The number of carbonyl (C=O) groups is 1. The predicted octanol–water partition coefficient (Wildman–Crippen LogP) is 3.81. The number of hydrogen-bond acceptors (Lipinski definition) is 6. The summed E-state index contributed by atoms with van der Waals surface area (Å²) in [5.41, 5.74) is 4.27. The van der Waals surface area contributed by atoms with E-state index >= 15 is 0 Å². The van der Waals surface area contributed by atoms with Crippen LogP contribution in [0.25, 0.3) is 0 Å². The van der Waals surface area contributed by atoms with Gasteiger partial charge in [0.15, 0.2) is 18.1 Å². The minimum atomic E-state index is -0.374. The highest BCUT2D eigenvalue weighted by atomic mass is 16.5. The molecule has 0 saturated heterocycles. The van der Waals surface area contributed by atoms with Gasteiger partial charge < -0.3 is 18.9 Å². The molecule has 7 heteroatoms. The Morgan fingerprint density at radius 2 is 1.55 bits per heavy atom. The van der Waals surface area contributed by atoms with Crippen molar-refractivity contribution in [2.75, 3.05) is 20.8 Å². The van der Waals surface area contributed by atoms with E-state index in [1.807, 2.05) is 30.3 Å². The van der Waals surface area contributed by atoms with Crippen molar-refractivity contribution in [3.05, 3.63) is 83.9 Å². The molecule has 3 aromatic carbocycles. The Balaban J connectivity index is 1.42. The number of nitrogens with one attached hydrogen (secondary N) is 1. The Labute approximate surface area is 181 Å². The highest BCUT2D eigenvalue weighted by molar-refractivity contribution is 5.83. The van der Waals surface area contributed by atoms with Gasteiger partial charge in [0.2, 0.25) is 0 Å². The summed E-state index contributed by atoms with van der Waals surface area (Å²) < 4.78 is 21.6. The molecule has 0 bridgehead atoms. The van der Waals surface area contributed by atoms with Crippen LogP contribution in [0.4, 0.5) is 0 Å². The fraction of sp³-hybridized carbons (Fsp3) is 0.167. The van der Waals surface area contributed by atoms with E-state index in [4.69, 9.17) is 18.9 Å². The zero-order valence-corrected chi connectivity index (χ0v) is 17.4. The molecule has 31 heavy (non-hydrogen) atoms. The third-order valence-corrected chi connectivity index (χ3v) is 4.25. The fourth-order valence-corrected chi connectivity index (χ4v) is 2.67. The maximum absolute atomic E-state index is 11.9. The molecule has 3 rings (SSSR count). The third kappa shape index (κ3) is 6.78. The summed E-state index contributed by atoms with van der Waals surface area (Å²) >= 11 is 0. The molecule has 7 nitrogen and oxygen atoms in total. The Morgan fingerprint density at radius 1 is 0.871 bits per heavy atom. The van der Waals surface area contributed by atoms with Gasteiger partial charge in [-0.2, -0.15) is 5.10 Å². The summed E-state index contributed by atoms with van der Waals surface area (Å²) in [5, 5.41) is 3.93. The molecule has 0 spiro atoms. The first kappa shape index (κ1) is 21.7. The summed E-state index contributed by atoms with van der Waals surface area (Å²) in [6.45, 7) is 0.328. The molecule has 0 aliphatic rings. The first-order chi connectivity index (χ1) is 15.2. The lowest BCUT2D eigenvalue weighted by Crippen LogP contribution is -2.24. The molecule has 1 amide bonds. The molecule has 3 aromatic rings. The molecule has 1 N–H and O–H groups in total. The van der Waals surface area contributed by atoms with E-state index in [2.05, 4.69) is 10.5 Å². The van der Waals surface area contributed by atoms with Crippen LogP contribution in [0.2, 0.25) is 0 Å². The molecule has 0 fully saturated rings. The maximum atomic E-state index is 11.9. The zero-order chi connectivity index (χ0) is 21.9. The van der Waals surface area contributed by atoms with Gasteiger partial charge in [-0.15, -0.1) is 0 Å². The number of rotatable bonds is 10. The van der Waals surface area contributed by atoms with E-state index in [-0.39, 0.29) is 12.5 Å². The predicted molar refractivity (Wildman–Crippen MR) is 118 cm³/mol. The Hall–Kier alpha value is -4.00. The van der Waals surface area contributed by atoms with Gasteiger partial charge in [0.25, 0.3) is 5.91 Å². The van der Waals surface area contributed by atoms with Crippen molar-refractivity contribution in [2.24, 2.45) is 5.10 Å². The fourth-order valence-electron chi connectivity index (χ4n) is 2.67. The van der Waals surface area contributed by atoms with Crippen molar-refractivity contribution in [3.8, 4) is 23.0 Å². The molecule has 0 heterocycles. The van der Waals surface area contributed by atoms with Crippen LogP contribution in [0, 0.1) is 0 Å². The summed E-state index contributed by atoms with van der Waals surface area (Å²) in [5.74, 6) is 2.11. The highest BCUT2D eigenvalue weighted by Crippen LogP contribution is 2.26. The lowest BCUT2D eigenvalue weighted by molar-refractivity contribution is -0.123. The monoisotopic (exact) mass is 420 g/mol. The number of benzene rings is 3. The minimum absolute atomic E-state index is 0.159. The first-order valence-corrected chi connectivity index (χ1v) is 9.61. The summed E-state index contributed by atoms with van der Waals surface area (Å²) in [6, 6.07) is 22.3. The third-order valence-electron chi connectivity index (χ3n) is 4.25. The number of methoxy groups -OCH3 is 2. The normalized spacial score (nSPS) is 10.5. The second-order valence-corrected chi connectivity index (χ2v) is 6.44. The standard InChI is InChI=1S/C24H24N2O5/c1-28-22-13-8-19(14-23(22)29-2)15-25-26-24(27)17-31-21-11-9-20(10-12-21)30-16-18-6-4-3-5-7-18/h3-15H,16-17H2,1-2H3,(H,26,27)/b25-15+. The van der Waals surface area contributed by atoms with Gasteiger partial charge in [-0.05, 0) is 53.6 Å². The average Bonchev–Trinajstić information content (AvgIpc) is 2.82. The molecular weight excluding hydrogens is 396 g/mol. The maximum Gasteiger partial charge on any atom is 0.277 e. The molecular formula is C24H24N2O5. The molecule has 0 aliphatic carbocycles. The SMILES string of the molecule is COc1ccc(/C=N/NC(=O)COc2ccc(OCc3ccccc3)cc2)cc1OC. The lowest BCUT2D eigenvalue weighted by Gasteiger charge is -2.08. The van der Waals surface area contributed by atoms with E-state index in [0.29, 0.717) is 23.9 Å². The highest BCUT2D eigenvalue weighted by Gasteiger charge is 2.04. The Kier molecular flexibility index (Phi) is 7.88. The van der Waals surface area contributed by atoms with E-state index in [1.165, 1.54) is 6.21 Å². The minimum Gasteiger partial charge on any atom is -0.493 e. The van der Waals surface area contributed by atoms with E-state index < -0.39 is 0 Å². The lowest BCUT2D eigenvalue weighted by atomic mass is 10.2. The van der Waals surface area contributed by atoms with Crippen LogP contribution in [0.3, 0.4) is 0 Å². The zero-order valence-electron chi connectivity index (χ0n) is 17.4. The van der Waals surface area contributed by atoms with Crippen LogP contribution in [-0.4, -0.2) is 32.9 Å². The first-order valence-electron chi connectivity index (χ1n) is 9.61. The topological polar surface area (TPSA) is 78.4 Å². The van der Waals surface area contributed by atoms with Crippen molar-refractivity contribution in [1.82, 2.24) is 5.43 Å².